The van der Waals surface area contributed by atoms with Gasteiger partial charge in [-0.3, -0.25) is 4.79 Å². The molecule has 0 aromatic heterocycles. The molecule has 0 fully saturated rings. The molecule has 0 aliphatic heterocycles. The summed E-state index contributed by atoms with van der Waals surface area (Å²) in [5, 5.41) is 9.38. The van der Waals surface area contributed by atoms with Crippen LogP contribution < -0.4 is 9.47 Å². The Kier molecular flexibility index (Phi) is 7.85. The summed E-state index contributed by atoms with van der Waals surface area (Å²) in [7, 11) is 0. The Balaban J connectivity index is 1.65. The number of benzene rings is 3. The molecule has 0 saturated carbocycles. The maximum absolute atomic E-state index is 12.8. The minimum Gasteiger partial charge on any atom is -0.491 e. The molecule has 4 nitrogen and oxygen atoms in total. The van der Waals surface area contributed by atoms with Gasteiger partial charge in [-0.05, 0) is 35.9 Å². The lowest BCUT2D eigenvalue weighted by Crippen LogP contribution is -2.14. The van der Waals surface area contributed by atoms with Crippen molar-refractivity contribution >= 4 is 29.0 Å². The van der Waals surface area contributed by atoms with Crippen LogP contribution in [-0.4, -0.2) is 12.4 Å². The molecule has 0 spiro atoms. The van der Waals surface area contributed by atoms with Gasteiger partial charge in [0.05, 0.1) is 28.3 Å². The monoisotopic (exact) mass is 493 g/mol. The number of carbonyl (C=O) groups excluding carboxylic acids is 1. The van der Waals surface area contributed by atoms with Crippen molar-refractivity contribution in [2.75, 3.05) is 6.61 Å². The third-order valence-electron chi connectivity index (χ3n) is 4.58. The molecule has 1 unspecified atom stereocenters. The van der Waals surface area contributed by atoms with Gasteiger partial charge >= 0.3 is 6.18 Å². The van der Waals surface area contributed by atoms with Gasteiger partial charge in [0, 0.05) is 12.5 Å². The van der Waals surface area contributed by atoms with Gasteiger partial charge in [-0.2, -0.15) is 18.4 Å². The molecule has 3 rings (SSSR count). The average Bonchev–Trinajstić information content (AvgIpc) is 2.78. The van der Waals surface area contributed by atoms with E-state index in [-0.39, 0.29) is 46.1 Å². The van der Waals surface area contributed by atoms with Crippen LogP contribution in [0.2, 0.25) is 10.0 Å². The summed E-state index contributed by atoms with van der Waals surface area (Å²) in [5.74, 6) is -0.752. The first-order valence-electron chi connectivity index (χ1n) is 9.63. The van der Waals surface area contributed by atoms with Crippen LogP contribution in [0.4, 0.5) is 13.2 Å². The van der Waals surface area contributed by atoms with Gasteiger partial charge in [0.2, 0.25) is 0 Å². The zero-order valence-electron chi connectivity index (χ0n) is 16.9. The largest absolute Gasteiger partial charge is 0.491 e. The molecule has 0 saturated heterocycles. The van der Waals surface area contributed by atoms with Gasteiger partial charge in [0.15, 0.2) is 5.78 Å². The average molecular weight is 494 g/mol. The molecule has 3 aromatic carbocycles. The van der Waals surface area contributed by atoms with E-state index in [0.29, 0.717) is 5.56 Å². The molecule has 0 aliphatic carbocycles. The molecule has 0 aliphatic rings. The third kappa shape index (κ3) is 6.41. The van der Waals surface area contributed by atoms with Crippen molar-refractivity contribution in [1.29, 1.82) is 5.26 Å². The smallest absolute Gasteiger partial charge is 0.416 e. The minimum atomic E-state index is -4.52. The Bertz CT molecular complexity index is 1180. The second-order valence-corrected chi connectivity index (χ2v) is 7.69. The summed E-state index contributed by atoms with van der Waals surface area (Å²) in [4.78, 5) is 12.4. The SMILES string of the molecule is N#CC(C(=O)CCOc1cc(Oc2ccc(C(F)(F)F)cc2Cl)ccc1Cl)c1ccccc1. The van der Waals surface area contributed by atoms with Gasteiger partial charge in [0.25, 0.3) is 0 Å². The molecule has 0 radical (unpaired) electrons. The highest BCUT2D eigenvalue weighted by molar-refractivity contribution is 6.32. The molecular weight excluding hydrogens is 478 g/mol. The topological polar surface area (TPSA) is 59.3 Å². The van der Waals surface area contributed by atoms with Crippen molar-refractivity contribution < 1.29 is 27.4 Å². The van der Waals surface area contributed by atoms with Gasteiger partial charge in [0.1, 0.15) is 23.2 Å². The van der Waals surface area contributed by atoms with Crippen LogP contribution in [0.1, 0.15) is 23.5 Å². The normalized spacial score (nSPS) is 12.0. The molecule has 170 valence electrons. The Hall–Kier alpha value is -3.21. The lowest BCUT2D eigenvalue weighted by Gasteiger charge is -2.13. The molecule has 0 heterocycles. The first-order valence-corrected chi connectivity index (χ1v) is 10.4. The fourth-order valence-corrected chi connectivity index (χ4v) is 3.32. The number of halogens is 5. The zero-order chi connectivity index (χ0) is 24.0. The number of alkyl halides is 3. The fraction of sp³-hybridized carbons (Fsp3) is 0.167. The standard InChI is InChI=1S/C24H16Cl2F3NO3/c25-19-8-7-17(33-22-9-6-16(12-20(22)26)24(27,28)29)13-23(19)32-11-10-21(31)18(14-30)15-4-2-1-3-5-15/h1-9,12-13,18H,10-11H2. The van der Waals surface area contributed by atoms with E-state index in [1.54, 1.807) is 30.3 Å². The van der Waals surface area contributed by atoms with Crippen molar-refractivity contribution in [1.82, 2.24) is 0 Å². The highest BCUT2D eigenvalue weighted by Gasteiger charge is 2.31. The quantitative estimate of drug-likeness (QED) is 0.326. The Labute approximate surface area is 198 Å². The van der Waals surface area contributed by atoms with E-state index in [1.807, 2.05) is 6.07 Å². The Morgan fingerprint density at radius 3 is 2.33 bits per heavy atom. The van der Waals surface area contributed by atoms with E-state index in [4.69, 9.17) is 32.7 Å². The van der Waals surface area contributed by atoms with Gasteiger partial charge in [-0.25, -0.2) is 0 Å². The Morgan fingerprint density at radius 1 is 0.970 bits per heavy atom. The molecule has 0 N–H and O–H groups in total. The summed E-state index contributed by atoms with van der Waals surface area (Å²) in [5.41, 5.74) is -0.289. The number of hydrogen-bond acceptors (Lipinski definition) is 4. The van der Waals surface area contributed by atoms with Crippen LogP contribution in [-0.2, 0) is 11.0 Å². The van der Waals surface area contributed by atoms with Crippen LogP contribution in [0.25, 0.3) is 0 Å². The highest BCUT2D eigenvalue weighted by Crippen LogP contribution is 2.38. The third-order valence-corrected chi connectivity index (χ3v) is 5.19. The lowest BCUT2D eigenvalue weighted by atomic mass is 9.95. The van der Waals surface area contributed by atoms with Gasteiger partial charge in [-0.1, -0.05) is 53.5 Å². The van der Waals surface area contributed by atoms with Crippen molar-refractivity contribution in [3.63, 3.8) is 0 Å². The van der Waals surface area contributed by atoms with Crippen molar-refractivity contribution in [3.8, 4) is 23.3 Å². The maximum Gasteiger partial charge on any atom is 0.416 e. The summed E-state index contributed by atoms with van der Waals surface area (Å²) >= 11 is 12.1. The molecule has 0 amide bonds. The van der Waals surface area contributed by atoms with Crippen molar-refractivity contribution in [2.24, 2.45) is 0 Å². The van der Waals surface area contributed by atoms with Gasteiger partial charge < -0.3 is 9.47 Å². The minimum absolute atomic E-state index is 0.0211. The van der Waals surface area contributed by atoms with Crippen molar-refractivity contribution in [3.05, 3.63) is 87.9 Å². The number of ketones is 1. The summed E-state index contributed by atoms with van der Waals surface area (Å²) in [6.07, 6.45) is -4.55. The number of Topliss-reactive ketones (excluding diaryl/α,β-unsaturated/α-hetero) is 1. The number of carbonyl (C=O) groups is 1. The summed E-state index contributed by atoms with van der Waals surface area (Å²) in [6.45, 7) is -0.0337. The number of hydrogen-bond donors (Lipinski definition) is 0. The van der Waals surface area contributed by atoms with Crippen LogP contribution in [0, 0.1) is 11.3 Å². The molecule has 1 atom stereocenters. The van der Waals surface area contributed by atoms with E-state index >= 15 is 0 Å². The van der Waals surface area contributed by atoms with Crippen LogP contribution in [0.5, 0.6) is 17.2 Å². The number of nitrogens with zero attached hydrogens (tertiary/aromatic N) is 1. The first kappa shape index (κ1) is 24.4. The zero-order valence-corrected chi connectivity index (χ0v) is 18.4. The fourth-order valence-electron chi connectivity index (χ4n) is 2.93. The predicted octanol–water partition coefficient (Wildman–Crippen LogP) is 7.45. The highest BCUT2D eigenvalue weighted by atomic mass is 35.5. The van der Waals surface area contributed by atoms with E-state index in [9.17, 15) is 23.2 Å². The molecule has 9 heteroatoms. The van der Waals surface area contributed by atoms with E-state index in [1.165, 1.54) is 18.2 Å². The first-order chi connectivity index (χ1) is 15.7. The second-order valence-electron chi connectivity index (χ2n) is 6.87. The number of nitriles is 1. The van der Waals surface area contributed by atoms with E-state index < -0.39 is 17.7 Å². The number of rotatable bonds is 8. The molecular formula is C24H16Cl2F3NO3. The van der Waals surface area contributed by atoms with E-state index in [2.05, 4.69) is 0 Å². The lowest BCUT2D eigenvalue weighted by molar-refractivity contribution is -0.137. The summed E-state index contributed by atoms with van der Waals surface area (Å²) in [6, 6.07) is 17.8. The van der Waals surface area contributed by atoms with E-state index in [0.717, 1.165) is 18.2 Å². The maximum atomic E-state index is 12.8. The Morgan fingerprint density at radius 2 is 1.70 bits per heavy atom. The van der Waals surface area contributed by atoms with Crippen molar-refractivity contribution in [2.45, 2.75) is 18.5 Å². The molecule has 3 aromatic rings. The second kappa shape index (κ2) is 10.6. The molecule has 0 bridgehead atoms. The van der Waals surface area contributed by atoms with Crippen LogP contribution in [0.15, 0.2) is 66.7 Å². The number of ether oxygens (including phenoxy) is 2. The summed E-state index contributed by atoms with van der Waals surface area (Å²) < 4.78 is 49.5. The van der Waals surface area contributed by atoms with Gasteiger partial charge in [-0.15, -0.1) is 0 Å². The predicted molar refractivity (Wildman–Crippen MR) is 118 cm³/mol. The molecule has 33 heavy (non-hydrogen) atoms. The van der Waals surface area contributed by atoms with Crippen LogP contribution in [0.3, 0.4) is 0 Å². The van der Waals surface area contributed by atoms with Crippen LogP contribution >= 0.6 is 23.2 Å².